The predicted octanol–water partition coefficient (Wildman–Crippen LogP) is 1.87. The van der Waals surface area contributed by atoms with Crippen molar-refractivity contribution in [2.24, 2.45) is 12.8 Å². The topological polar surface area (TPSA) is 62.3 Å². The predicted molar refractivity (Wildman–Crippen MR) is 74.4 cm³/mol. The molecule has 19 heavy (non-hydrogen) atoms. The highest BCUT2D eigenvalue weighted by atomic mass is 16.5. The molecule has 0 atom stereocenters. The van der Waals surface area contributed by atoms with Crippen LogP contribution in [0.2, 0.25) is 0 Å². The highest BCUT2D eigenvalue weighted by Crippen LogP contribution is 2.35. The van der Waals surface area contributed by atoms with Gasteiger partial charge in [-0.05, 0) is 24.6 Å². The fourth-order valence-corrected chi connectivity index (χ4v) is 2.25. The molecule has 0 radical (unpaired) electrons. The van der Waals surface area contributed by atoms with Gasteiger partial charge in [0.1, 0.15) is 11.5 Å². The second-order valence-electron chi connectivity index (χ2n) is 4.31. The van der Waals surface area contributed by atoms with Crippen molar-refractivity contribution >= 4 is 0 Å². The van der Waals surface area contributed by atoms with Gasteiger partial charge < -0.3 is 15.2 Å². The van der Waals surface area contributed by atoms with Crippen LogP contribution >= 0.6 is 0 Å². The lowest BCUT2D eigenvalue weighted by molar-refractivity contribution is 0.395. The Balaban J connectivity index is 2.61. The molecule has 0 spiro atoms. The van der Waals surface area contributed by atoms with Crippen molar-refractivity contribution in [2.75, 3.05) is 14.2 Å². The molecular formula is C14H19N3O2. The van der Waals surface area contributed by atoms with E-state index in [1.54, 1.807) is 14.2 Å². The number of nitrogens with two attached hydrogens (primary N) is 1. The molecule has 2 aromatic rings. The van der Waals surface area contributed by atoms with Crippen LogP contribution in [-0.4, -0.2) is 24.0 Å². The van der Waals surface area contributed by atoms with Gasteiger partial charge in [-0.1, -0.05) is 0 Å². The fraction of sp³-hybridized carbons (Fsp3) is 0.357. The first-order chi connectivity index (χ1) is 9.12. The van der Waals surface area contributed by atoms with Gasteiger partial charge in [-0.3, -0.25) is 4.68 Å². The molecular weight excluding hydrogens is 242 g/mol. The Bertz CT molecular complexity index is 591. The van der Waals surface area contributed by atoms with Crippen molar-refractivity contribution in [2.45, 2.75) is 13.5 Å². The summed E-state index contributed by atoms with van der Waals surface area (Å²) < 4.78 is 12.5. The fourth-order valence-electron chi connectivity index (χ4n) is 2.25. The van der Waals surface area contributed by atoms with E-state index in [9.17, 15) is 0 Å². The standard InChI is InChI=1S/C14H19N3O2/c1-9-12(8-15)16-17(2)14(9)11-6-5-10(18-3)7-13(11)19-4/h5-7H,8,15H2,1-4H3. The number of hydrogen-bond acceptors (Lipinski definition) is 4. The Kier molecular flexibility index (Phi) is 3.76. The largest absolute Gasteiger partial charge is 0.497 e. The molecule has 1 aromatic carbocycles. The zero-order chi connectivity index (χ0) is 14.0. The number of hydrogen-bond donors (Lipinski definition) is 1. The molecule has 102 valence electrons. The van der Waals surface area contributed by atoms with Crippen LogP contribution in [0.5, 0.6) is 11.5 Å². The smallest absolute Gasteiger partial charge is 0.131 e. The average Bonchev–Trinajstić information content (AvgIpc) is 2.72. The molecule has 0 saturated carbocycles. The summed E-state index contributed by atoms with van der Waals surface area (Å²) in [6.45, 7) is 2.45. The summed E-state index contributed by atoms with van der Waals surface area (Å²) in [4.78, 5) is 0. The number of aromatic nitrogens is 2. The first-order valence-corrected chi connectivity index (χ1v) is 6.07. The van der Waals surface area contributed by atoms with Crippen LogP contribution in [0, 0.1) is 6.92 Å². The summed E-state index contributed by atoms with van der Waals surface area (Å²) in [5.74, 6) is 1.52. The van der Waals surface area contributed by atoms with Crippen LogP contribution in [0.3, 0.4) is 0 Å². The van der Waals surface area contributed by atoms with E-state index in [1.807, 2.05) is 36.9 Å². The molecule has 2 N–H and O–H groups in total. The third kappa shape index (κ3) is 2.29. The third-order valence-electron chi connectivity index (χ3n) is 3.24. The monoisotopic (exact) mass is 261 g/mol. The first-order valence-electron chi connectivity index (χ1n) is 6.07. The van der Waals surface area contributed by atoms with E-state index < -0.39 is 0 Å². The summed E-state index contributed by atoms with van der Waals surface area (Å²) in [5, 5.41) is 4.43. The van der Waals surface area contributed by atoms with E-state index in [0.29, 0.717) is 6.54 Å². The lowest BCUT2D eigenvalue weighted by Crippen LogP contribution is -1.99. The van der Waals surface area contributed by atoms with Crippen molar-refractivity contribution in [3.8, 4) is 22.8 Å². The lowest BCUT2D eigenvalue weighted by Gasteiger charge is -2.11. The molecule has 0 fully saturated rings. The minimum Gasteiger partial charge on any atom is -0.497 e. The molecule has 1 heterocycles. The van der Waals surface area contributed by atoms with Crippen LogP contribution in [-0.2, 0) is 13.6 Å². The molecule has 1 aromatic heterocycles. The second-order valence-corrected chi connectivity index (χ2v) is 4.31. The minimum atomic E-state index is 0.429. The van der Waals surface area contributed by atoms with Gasteiger partial charge >= 0.3 is 0 Å². The van der Waals surface area contributed by atoms with Crippen LogP contribution in [0.25, 0.3) is 11.3 Å². The summed E-state index contributed by atoms with van der Waals surface area (Å²) in [5.41, 5.74) is 9.67. The minimum absolute atomic E-state index is 0.429. The average molecular weight is 261 g/mol. The van der Waals surface area contributed by atoms with Crippen molar-refractivity contribution in [1.29, 1.82) is 0 Å². The van der Waals surface area contributed by atoms with E-state index in [2.05, 4.69) is 5.10 Å². The molecule has 0 saturated heterocycles. The van der Waals surface area contributed by atoms with Gasteiger partial charge in [0.2, 0.25) is 0 Å². The lowest BCUT2D eigenvalue weighted by atomic mass is 10.1. The van der Waals surface area contributed by atoms with Gasteiger partial charge in [-0.2, -0.15) is 5.10 Å². The molecule has 5 heteroatoms. The van der Waals surface area contributed by atoms with Crippen LogP contribution in [0.1, 0.15) is 11.3 Å². The molecule has 0 unspecified atom stereocenters. The molecule has 0 aliphatic rings. The quantitative estimate of drug-likeness (QED) is 0.912. The van der Waals surface area contributed by atoms with Gasteiger partial charge in [-0.25, -0.2) is 0 Å². The summed E-state index contributed by atoms with van der Waals surface area (Å²) in [6.07, 6.45) is 0. The van der Waals surface area contributed by atoms with Crippen molar-refractivity contribution in [3.05, 3.63) is 29.5 Å². The number of rotatable bonds is 4. The number of nitrogens with zero attached hydrogens (tertiary/aromatic N) is 2. The van der Waals surface area contributed by atoms with Crippen molar-refractivity contribution in [1.82, 2.24) is 9.78 Å². The van der Waals surface area contributed by atoms with Gasteiger partial charge in [0.15, 0.2) is 0 Å². The SMILES string of the molecule is COc1ccc(-c2c(C)c(CN)nn2C)c(OC)c1. The Labute approximate surface area is 112 Å². The second kappa shape index (κ2) is 5.32. The summed E-state index contributed by atoms with van der Waals surface area (Å²) in [6, 6.07) is 5.75. The molecule has 5 nitrogen and oxygen atoms in total. The highest BCUT2D eigenvalue weighted by molar-refractivity contribution is 5.72. The maximum absolute atomic E-state index is 5.70. The van der Waals surface area contributed by atoms with Gasteiger partial charge in [0, 0.05) is 25.2 Å². The molecule has 0 aliphatic heterocycles. The van der Waals surface area contributed by atoms with Gasteiger partial charge in [0.25, 0.3) is 0 Å². The van der Waals surface area contributed by atoms with E-state index in [-0.39, 0.29) is 0 Å². The number of benzene rings is 1. The first kappa shape index (κ1) is 13.4. The normalized spacial score (nSPS) is 10.6. The Morgan fingerprint density at radius 3 is 2.53 bits per heavy atom. The van der Waals surface area contributed by atoms with E-state index in [1.165, 1.54) is 0 Å². The highest BCUT2D eigenvalue weighted by Gasteiger charge is 2.17. The Hall–Kier alpha value is -2.01. The number of ether oxygens (including phenoxy) is 2. The third-order valence-corrected chi connectivity index (χ3v) is 3.24. The molecule has 0 amide bonds. The number of aryl methyl sites for hydroxylation is 1. The summed E-state index contributed by atoms with van der Waals surface area (Å²) in [7, 11) is 5.19. The zero-order valence-corrected chi connectivity index (χ0v) is 11.7. The summed E-state index contributed by atoms with van der Waals surface area (Å²) >= 11 is 0. The Morgan fingerprint density at radius 2 is 2.00 bits per heavy atom. The van der Waals surface area contributed by atoms with Gasteiger partial charge in [-0.15, -0.1) is 0 Å². The van der Waals surface area contributed by atoms with Crippen molar-refractivity contribution in [3.63, 3.8) is 0 Å². The van der Waals surface area contributed by atoms with E-state index in [4.69, 9.17) is 15.2 Å². The molecule has 0 bridgehead atoms. The Morgan fingerprint density at radius 1 is 1.26 bits per heavy atom. The van der Waals surface area contributed by atoms with Gasteiger partial charge in [0.05, 0.1) is 25.6 Å². The van der Waals surface area contributed by atoms with Crippen LogP contribution in [0.4, 0.5) is 0 Å². The van der Waals surface area contributed by atoms with Crippen molar-refractivity contribution < 1.29 is 9.47 Å². The van der Waals surface area contributed by atoms with E-state index in [0.717, 1.165) is 34.0 Å². The zero-order valence-electron chi connectivity index (χ0n) is 11.7. The number of methoxy groups -OCH3 is 2. The molecule has 2 rings (SSSR count). The maximum Gasteiger partial charge on any atom is 0.131 e. The van der Waals surface area contributed by atoms with Crippen LogP contribution in [0.15, 0.2) is 18.2 Å². The van der Waals surface area contributed by atoms with E-state index >= 15 is 0 Å². The molecule has 0 aliphatic carbocycles. The maximum atomic E-state index is 5.70. The van der Waals surface area contributed by atoms with Crippen LogP contribution < -0.4 is 15.2 Å².